The first-order valence-corrected chi connectivity index (χ1v) is 14.0. The summed E-state index contributed by atoms with van der Waals surface area (Å²) in [4.78, 5) is 39.3. The summed E-state index contributed by atoms with van der Waals surface area (Å²) in [5.41, 5.74) is 1.65. The third-order valence-corrected chi connectivity index (χ3v) is 8.22. The molecule has 1 aliphatic carbocycles. The van der Waals surface area contributed by atoms with E-state index < -0.39 is 5.60 Å². The van der Waals surface area contributed by atoms with Gasteiger partial charge >= 0.3 is 5.97 Å². The second-order valence-electron chi connectivity index (χ2n) is 11.0. The first-order valence-electron chi connectivity index (χ1n) is 14.0. The highest BCUT2D eigenvalue weighted by atomic mass is 16.5. The number of imide groups is 1. The quantitative estimate of drug-likeness (QED) is 0.273. The van der Waals surface area contributed by atoms with Crippen molar-refractivity contribution in [1.29, 1.82) is 0 Å². The second-order valence-corrected chi connectivity index (χ2v) is 11.0. The Bertz CT molecular complexity index is 952. The molecule has 2 amide bonds. The SMILES string of the molecule is CCCCC(CC)c1cc(OC(C)=O)c2c(c1)OC(C)(C)C1CCC(N(C(=O)CC)C(=O)CC)CC21. The van der Waals surface area contributed by atoms with E-state index in [1.165, 1.54) is 11.8 Å². The van der Waals surface area contributed by atoms with Gasteiger partial charge in [0.2, 0.25) is 11.8 Å². The van der Waals surface area contributed by atoms with Crippen molar-refractivity contribution >= 4 is 17.8 Å². The van der Waals surface area contributed by atoms with E-state index >= 15 is 0 Å². The van der Waals surface area contributed by atoms with Gasteiger partial charge < -0.3 is 9.47 Å². The highest BCUT2D eigenvalue weighted by Crippen LogP contribution is 2.56. The molecule has 36 heavy (non-hydrogen) atoms. The summed E-state index contributed by atoms with van der Waals surface area (Å²) in [6.07, 6.45) is 7.22. The number of hydrogen-bond donors (Lipinski definition) is 0. The zero-order valence-corrected chi connectivity index (χ0v) is 23.3. The summed E-state index contributed by atoms with van der Waals surface area (Å²) >= 11 is 0. The highest BCUT2D eigenvalue weighted by molar-refractivity contribution is 5.95. The zero-order chi connectivity index (χ0) is 26.6. The van der Waals surface area contributed by atoms with Crippen LogP contribution in [0.1, 0.15) is 129 Å². The molecule has 6 heteroatoms. The molecular formula is C30H45NO5. The maximum Gasteiger partial charge on any atom is 0.308 e. The molecule has 3 rings (SSSR count). The molecule has 4 atom stereocenters. The number of hydrogen-bond acceptors (Lipinski definition) is 5. The lowest BCUT2D eigenvalue weighted by atomic mass is 9.65. The maximum absolute atomic E-state index is 12.8. The summed E-state index contributed by atoms with van der Waals surface area (Å²) in [5.74, 6) is 1.36. The normalized spacial score (nSPS) is 23.0. The van der Waals surface area contributed by atoms with E-state index in [1.807, 2.05) is 6.07 Å². The molecule has 1 heterocycles. The Labute approximate surface area is 217 Å². The molecule has 0 aromatic heterocycles. The number of amides is 2. The number of carbonyl (C=O) groups excluding carboxylic acids is 3. The van der Waals surface area contributed by atoms with Gasteiger partial charge in [0.25, 0.3) is 0 Å². The van der Waals surface area contributed by atoms with Crippen LogP contribution in [0.5, 0.6) is 11.5 Å². The van der Waals surface area contributed by atoms with Gasteiger partial charge in [0.05, 0.1) is 0 Å². The van der Waals surface area contributed by atoms with E-state index in [2.05, 4.69) is 33.8 Å². The monoisotopic (exact) mass is 499 g/mol. The van der Waals surface area contributed by atoms with E-state index in [9.17, 15) is 14.4 Å². The molecule has 0 spiro atoms. The Morgan fingerprint density at radius 1 is 1.08 bits per heavy atom. The van der Waals surface area contributed by atoms with Gasteiger partial charge in [-0.05, 0) is 75.5 Å². The number of benzene rings is 1. The summed E-state index contributed by atoms with van der Waals surface area (Å²) in [6, 6.07) is 4.03. The van der Waals surface area contributed by atoms with Crippen molar-refractivity contribution in [3.8, 4) is 11.5 Å². The summed E-state index contributed by atoms with van der Waals surface area (Å²) in [7, 11) is 0. The lowest BCUT2D eigenvalue weighted by Gasteiger charge is -2.50. The molecular weight excluding hydrogens is 454 g/mol. The van der Waals surface area contributed by atoms with Crippen LogP contribution in [0.25, 0.3) is 0 Å². The largest absolute Gasteiger partial charge is 0.487 e. The van der Waals surface area contributed by atoms with Gasteiger partial charge in [0.1, 0.15) is 17.1 Å². The van der Waals surface area contributed by atoms with E-state index in [0.717, 1.165) is 55.4 Å². The van der Waals surface area contributed by atoms with Crippen molar-refractivity contribution in [2.24, 2.45) is 5.92 Å². The third kappa shape index (κ3) is 5.78. The molecule has 0 bridgehead atoms. The lowest BCUT2D eigenvalue weighted by Crippen LogP contribution is -2.52. The topological polar surface area (TPSA) is 72.9 Å². The van der Waals surface area contributed by atoms with Crippen molar-refractivity contribution < 1.29 is 23.9 Å². The summed E-state index contributed by atoms with van der Waals surface area (Å²) in [6.45, 7) is 13.7. The van der Waals surface area contributed by atoms with Gasteiger partial charge in [-0.2, -0.15) is 0 Å². The summed E-state index contributed by atoms with van der Waals surface area (Å²) in [5, 5.41) is 0. The van der Waals surface area contributed by atoms with Crippen LogP contribution in [0.15, 0.2) is 12.1 Å². The van der Waals surface area contributed by atoms with Crippen LogP contribution in [-0.4, -0.2) is 34.3 Å². The van der Waals surface area contributed by atoms with E-state index in [1.54, 1.807) is 13.8 Å². The molecule has 200 valence electrons. The van der Waals surface area contributed by atoms with Gasteiger partial charge in [-0.15, -0.1) is 0 Å². The Morgan fingerprint density at radius 2 is 1.75 bits per heavy atom. The van der Waals surface area contributed by atoms with Gasteiger partial charge in [-0.3, -0.25) is 19.3 Å². The lowest BCUT2D eigenvalue weighted by molar-refractivity contribution is -0.149. The molecule has 1 aromatic carbocycles. The van der Waals surface area contributed by atoms with Crippen LogP contribution >= 0.6 is 0 Å². The third-order valence-electron chi connectivity index (χ3n) is 8.22. The first kappa shape index (κ1) is 28.2. The number of nitrogens with zero attached hydrogens (tertiary/aromatic N) is 1. The van der Waals surface area contributed by atoms with E-state index in [0.29, 0.717) is 30.9 Å². The number of fused-ring (bicyclic) bond motifs is 3. The molecule has 1 fully saturated rings. The Hall–Kier alpha value is -2.37. The number of rotatable bonds is 9. The smallest absolute Gasteiger partial charge is 0.308 e. The number of ether oxygens (including phenoxy) is 2. The Balaban J connectivity index is 2.10. The molecule has 6 nitrogen and oxygen atoms in total. The predicted molar refractivity (Wildman–Crippen MR) is 141 cm³/mol. The fourth-order valence-corrected chi connectivity index (χ4v) is 6.38. The minimum absolute atomic E-state index is 0.0263. The molecule has 1 saturated carbocycles. The first-order chi connectivity index (χ1) is 17.1. The van der Waals surface area contributed by atoms with Gasteiger partial charge in [0, 0.05) is 37.3 Å². The molecule has 0 saturated heterocycles. The molecule has 1 aromatic rings. The number of unbranched alkanes of at least 4 members (excludes halogenated alkanes) is 1. The van der Waals surface area contributed by atoms with Crippen LogP contribution in [0.4, 0.5) is 0 Å². The van der Waals surface area contributed by atoms with Crippen molar-refractivity contribution in [2.75, 3.05) is 0 Å². The fraction of sp³-hybridized carbons (Fsp3) is 0.700. The van der Waals surface area contributed by atoms with Crippen LogP contribution < -0.4 is 9.47 Å². The minimum Gasteiger partial charge on any atom is -0.487 e. The molecule has 0 N–H and O–H groups in total. The average Bonchev–Trinajstić information content (AvgIpc) is 2.83. The van der Waals surface area contributed by atoms with Crippen molar-refractivity contribution in [3.63, 3.8) is 0 Å². The van der Waals surface area contributed by atoms with Gasteiger partial charge in [-0.25, -0.2) is 0 Å². The van der Waals surface area contributed by atoms with Crippen molar-refractivity contribution in [1.82, 2.24) is 4.90 Å². The number of carbonyl (C=O) groups is 3. The highest BCUT2D eigenvalue weighted by Gasteiger charge is 2.49. The van der Waals surface area contributed by atoms with Gasteiger partial charge in [0.15, 0.2) is 0 Å². The van der Waals surface area contributed by atoms with Crippen LogP contribution in [-0.2, 0) is 14.4 Å². The minimum atomic E-state index is -0.408. The van der Waals surface area contributed by atoms with Gasteiger partial charge in [-0.1, -0.05) is 40.5 Å². The Kier molecular flexibility index (Phi) is 9.23. The molecule has 0 radical (unpaired) electrons. The Morgan fingerprint density at radius 3 is 2.31 bits per heavy atom. The number of esters is 1. The fourth-order valence-electron chi connectivity index (χ4n) is 6.38. The van der Waals surface area contributed by atoms with Crippen molar-refractivity contribution in [3.05, 3.63) is 23.3 Å². The maximum atomic E-state index is 12.8. The van der Waals surface area contributed by atoms with Crippen molar-refractivity contribution in [2.45, 2.75) is 130 Å². The standard InChI is InChI=1S/C30H45NO5/c1-8-12-13-20(9-2)21-16-25(35-19(5)32)29-23-18-22(31(27(33)10-3)28(34)11-4)14-15-24(23)30(6,7)36-26(29)17-21/h16-17,20,22-24H,8-15,18H2,1-7H3. The molecule has 1 aliphatic heterocycles. The predicted octanol–water partition coefficient (Wildman–Crippen LogP) is 6.89. The second kappa shape index (κ2) is 11.8. The summed E-state index contributed by atoms with van der Waals surface area (Å²) < 4.78 is 12.5. The molecule has 2 aliphatic rings. The zero-order valence-electron chi connectivity index (χ0n) is 23.3. The van der Waals surface area contributed by atoms with Crippen LogP contribution in [0.2, 0.25) is 0 Å². The van der Waals surface area contributed by atoms with E-state index in [4.69, 9.17) is 9.47 Å². The van der Waals surface area contributed by atoms with Crippen LogP contribution in [0, 0.1) is 5.92 Å². The molecule has 4 unspecified atom stereocenters. The van der Waals surface area contributed by atoms with E-state index in [-0.39, 0.29) is 35.7 Å². The average molecular weight is 500 g/mol. The van der Waals surface area contributed by atoms with Crippen LogP contribution in [0.3, 0.4) is 0 Å².